The molecule has 0 fully saturated rings. The standard InChI is InChI=1S/C19H19N3O/c1-12(2)21-10-11-22(14(21)4)17-13(3)7-8-15-16-6-5-9-20-19(16)23-18(15)17/h5-12H,4H2,1-3H3. The van der Waals surface area contributed by atoms with Gasteiger partial charge in [0.1, 0.15) is 0 Å². The summed E-state index contributed by atoms with van der Waals surface area (Å²) in [5, 5.41) is 2.12. The minimum absolute atomic E-state index is 0.362. The number of hydrogen-bond acceptors (Lipinski definition) is 4. The van der Waals surface area contributed by atoms with Crippen LogP contribution >= 0.6 is 0 Å². The highest BCUT2D eigenvalue weighted by atomic mass is 16.3. The van der Waals surface area contributed by atoms with Crippen molar-refractivity contribution in [3.63, 3.8) is 0 Å². The predicted molar refractivity (Wildman–Crippen MR) is 93.4 cm³/mol. The first-order valence-electron chi connectivity index (χ1n) is 7.79. The van der Waals surface area contributed by atoms with Gasteiger partial charge in [0.2, 0.25) is 5.71 Å². The Morgan fingerprint density at radius 2 is 1.96 bits per heavy atom. The molecule has 0 N–H and O–H groups in total. The Kier molecular flexibility index (Phi) is 3.08. The van der Waals surface area contributed by atoms with Crippen molar-refractivity contribution < 1.29 is 4.42 Å². The smallest absolute Gasteiger partial charge is 0.227 e. The average Bonchev–Trinajstić information content (AvgIpc) is 3.08. The van der Waals surface area contributed by atoms with E-state index in [4.69, 9.17) is 4.42 Å². The fourth-order valence-electron chi connectivity index (χ4n) is 3.17. The number of aryl methyl sites for hydroxylation is 1. The number of aromatic nitrogens is 1. The van der Waals surface area contributed by atoms with Gasteiger partial charge in [0.15, 0.2) is 11.7 Å². The van der Waals surface area contributed by atoms with Crippen LogP contribution in [-0.2, 0) is 0 Å². The molecule has 0 bridgehead atoms. The Morgan fingerprint density at radius 1 is 1.13 bits per heavy atom. The van der Waals surface area contributed by atoms with Crippen molar-refractivity contribution in [2.75, 3.05) is 4.90 Å². The summed E-state index contributed by atoms with van der Waals surface area (Å²) in [5.41, 5.74) is 3.71. The van der Waals surface area contributed by atoms with E-state index in [0.29, 0.717) is 11.8 Å². The van der Waals surface area contributed by atoms with Crippen molar-refractivity contribution >= 4 is 27.8 Å². The molecule has 1 aliphatic heterocycles. The normalized spacial score (nSPS) is 15.7. The second-order valence-corrected chi connectivity index (χ2v) is 6.15. The van der Waals surface area contributed by atoms with Crippen LogP contribution in [0.2, 0.25) is 0 Å². The molecule has 4 nitrogen and oxygen atoms in total. The van der Waals surface area contributed by atoms with E-state index in [-0.39, 0.29) is 0 Å². The molecular weight excluding hydrogens is 286 g/mol. The lowest BCUT2D eigenvalue weighted by atomic mass is 10.1. The van der Waals surface area contributed by atoms with Gasteiger partial charge >= 0.3 is 0 Å². The van der Waals surface area contributed by atoms with E-state index in [1.807, 2.05) is 18.3 Å². The molecule has 0 atom stereocenters. The number of anilines is 1. The topological polar surface area (TPSA) is 32.5 Å². The van der Waals surface area contributed by atoms with Crippen LogP contribution in [0, 0.1) is 20.0 Å². The minimum atomic E-state index is 0.362. The highest BCUT2D eigenvalue weighted by molar-refractivity contribution is 6.08. The van der Waals surface area contributed by atoms with E-state index in [9.17, 15) is 0 Å². The van der Waals surface area contributed by atoms with Gasteiger partial charge in [-0.15, -0.1) is 0 Å². The van der Waals surface area contributed by atoms with Gasteiger partial charge in [0, 0.05) is 35.4 Å². The van der Waals surface area contributed by atoms with E-state index in [2.05, 4.69) is 60.8 Å². The monoisotopic (exact) mass is 305 g/mol. The fourth-order valence-corrected chi connectivity index (χ4v) is 3.17. The summed E-state index contributed by atoms with van der Waals surface area (Å²) in [6, 6.07) is 8.57. The summed E-state index contributed by atoms with van der Waals surface area (Å²) in [4.78, 5) is 8.59. The molecule has 1 aromatic carbocycles. The molecule has 0 unspecified atom stereocenters. The van der Waals surface area contributed by atoms with Crippen molar-refractivity contribution in [2.24, 2.45) is 0 Å². The van der Waals surface area contributed by atoms with Crippen LogP contribution in [0.5, 0.6) is 0 Å². The molecule has 0 amide bonds. The predicted octanol–water partition coefficient (Wildman–Crippen LogP) is 4.61. The summed E-state index contributed by atoms with van der Waals surface area (Å²) in [6.45, 7) is 10.6. The Hall–Kier alpha value is -2.49. The van der Waals surface area contributed by atoms with E-state index >= 15 is 0 Å². The van der Waals surface area contributed by atoms with Gasteiger partial charge in [-0.1, -0.05) is 12.1 Å². The SMILES string of the molecule is [CH2][C]1N(c2c(C)ccc3c2oc2ncccc23)C=CN1C(C)C. The second kappa shape index (κ2) is 5.01. The van der Waals surface area contributed by atoms with Crippen LogP contribution in [0.1, 0.15) is 19.4 Å². The molecule has 3 heterocycles. The average molecular weight is 305 g/mol. The van der Waals surface area contributed by atoms with Crippen molar-refractivity contribution in [1.82, 2.24) is 9.88 Å². The summed E-state index contributed by atoms with van der Waals surface area (Å²) >= 11 is 0. The number of nitrogens with zero attached hydrogens (tertiary/aromatic N) is 3. The highest BCUT2D eigenvalue weighted by Crippen LogP contribution is 2.40. The van der Waals surface area contributed by atoms with Crippen molar-refractivity contribution in [1.29, 1.82) is 0 Å². The molecule has 0 saturated carbocycles. The first-order chi connectivity index (χ1) is 11.1. The number of hydrogen-bond donors (Lipinski definition) is 0. The molecule has 23 heavy (non-hydrogen) atoms. The minimum Gasteiger partial charge on any atom is -0.435 e. The fraction of sp³-hybridized carbons (Fsp3) is 0.211. The quantitative estimate of drug-likeness (QED) is 0.692. The maximum Gasteiger partial charge on any atom is 0.227 e. The lowest BCUT2D eigenvalue weighted by Gasteiger charge is -2.31. The molecule has 4 heteroatoms. The van der Waals surface area contributed by atoms with Gasteiger partial charge in [-0.25, -0.2) is 4.98 Å². The first-order valence-corrected chi connectivity index (χ1v) is 7.79. The molecule has 0 saturated heterocycles. The van der Waals surface area contributed by atoms with Crippen LogP contribution in [0.25, 0.3) is 22.1 Å². The zero-order valence-electron chi connectivity index (χ0n) is 13.6. The van der Waals surface area contributed by atoms with Crippen molar-refractivity contribution in [3.05, 3.63) is 61.5 Å². The zero-order valence-corrected chi connectivity index (χ0v) is 13.6. The van der Waals surface area contributed by atoms with Crippen molar-refractivity contribution in [3.8, 4) is 0 Å². The molecule has 3 aromatic rings. The largest absolute Gasteiger partial charge is 0.435 e. The number of furan rings is 1. The van der Waals surface area contributed by atoms with Gasteiger partial charge in [-0.2, -0.15) is 0 Å². The third-order valence-electron chi connectivity index (χ3n) is 4.34. The Bertz CT molecular complexity index is 910. The molecule has 0 aliphatic carbocycles. The Labute approximate surface area is 136 Å². The summed E-state index contributed by atoms with van der Waals surface area (Å²) in [5.74, 6) is 0. The van der Waals surface area contributed by atoms with E-state index in [1.54, 1.807) is 6.20 Å². The lowest BCUT2D eigenvalue weighted by molar-refractivity contribution is 0.353. The van der Waals surface area contributed by atoms with Crippen LogP contribution in [0.4, 0.5) is 5.69 Å². The molecule has 4 rings (SSSR count). The van der Waals surface area contributed by atoms with Gasteiger partial charge < -0.3 is 14.2 Å². The zero-order chi connectivity index (χ0) is 16.1. The molecule has 1 aliphatic rings. The van der Waals surface area contributed by atoms with Gasteiger partial charge in [-0.05, 0) is 45.4 Å². The lowest BCUT2D eigenvalue weighted by Crippen LogP contribution is -2.33. The maximum atomic E-state index is 6.07. The summed E-state index contributed by atoms with van der Waals surface area (Å²) in [7, 11) is 0. The highest BCUT2D eigenvalue weighted by Gasteiger charge is 2.29. The van der Waals surface area contributed by atoms with Crippen molar-refractivity contribution in [2.45, 2.75) is 26.8 Å². The van der Waals surface area contributed by atoms with E-state index in [0.717, 1.165) is 33.8 Å². The molecule has 2 radical (unpaired) electrons. The van der Waals surface area contributed by atoms with Crippen LogP contribution in [0.15, 0.2) is 47.3 Å². The summed E-state index contributed by atoms with van der Waals surface area (Å²) in [6.07, 6.45) is 6.80. The molecule has 116 valence electrons. The Morgan fingerprint density at radius 3 is 2.70 bits per heavy atom. The van der Waals surface area contributed by atoms with Gasteiger partial charge in [0.05, 0.1) is 5.69 Å². The molecule has 0 spiro atoms. The number of benzene rings is 1. The molecular formula is C19H19N3O. The van der Waals surface area contributed by atoms with E-state index < -0.39 is 0 Å². The summed E-state index contributed by atoms with van der Waals surface area (Å²) < 4.78 is 6.07. The first kappa shape index (κ1) is 14.1. The third kappa shape index (κ3) is 2.01. The Balaban J connectivity index is 1.93. The number of fused-ring (bicyclic) bond motifs is 3. The maximum absolute atomic E-state index is 6.07. The van der Waals surface area contributed by atoms with Crippen LogP contribution in [0.3, 0.4) is 0 Å². The number of pyridine rings is 1. The van der Waals surface area contributed by atoms with Crippen LogP contribution < -0.4 is 4.90 Å². The number of rotatable bonds is 2. The molecule has 2 aromatic heterocycles. The van der Waals surface area contributed by atoms with E-state index in [1.165, 1.54) is 0 Å². The van der Waals surface area contributed by atoms with Gasteiger partial charge in [-0.3, -0.25) is 0 Å². The van der Waals surface area contributed by atoms with Crippen LogP contribution in [-0.4, -0.2) is 15.9 Å². The third-order valence-corrected chi connectivity index (χ3v) is 4.34. The second-order valence-electron chi connectivity index (χ2n) is 6.15. The van der Waals surface area contributed by atoms with Gasteiger partial charge in [0.25, 0.3) is 0 Å².